The number of carbonyl (C=O) groups excluding carboxylic acids is 3. The number of piperazine rings is 1. The Hall–Kier alpha value is -2.08. The molecule has 3 amide bonds. The standard InChI is InChI=1S/C15H16ClN3O3/c1-8-2-3-9(16)4-11(8)14(21)18-10-5-12-15(22)17-6-13(20)19(12)7-10/h2-4,10,12H,5-7H2,1H3,(H,17,22)(H,18,21)/t10-,12-/m0/s1. The molecule has 116 valence electrons. The van der Waals surface area contributed by atoms with E-state index in [0.717, 1.165) is 5.56 Å². The Morgan fingerprint density at radius 2 is 2.18 bits per heavy atom. The van der Waals surface area contributed by atoms with Crippen molar-refractivity contribution in [3.63, 3.8) is 0 Å². The molecule has 2 aliphatic heterocycles. The van der Waals surface area contributed by atoms with Crippen LogP contribution >= 0.6 is 11.6 Å². The first kappa shape index (κ1) is 14.8. The van der Waals surface area contributed by atoms with E-state index in [2.05, 4.69) is 10.6 Å². The fourth-order valence-corrected chi connectivity index (χ4v) is 3.12. The third kappa shape index (κ3) is 2.66. The van der Waals surface area contributed by atoms with Gasteiger partial charge in [-0.15, -0.1) is 0 Å². The first-order chi connectivity index (χ1) is 10.5. The summed E-state index contributed by atoms with van der Waals surface area (Å²) in [5, 5.41) is 5.95. The molecule has 0 radical (unpaired) electrons. The Labute approximate surface area is 132 Å². The molecule has 2 fully saturated rings. The summed E-state index contributed by atoms with van der Waals surface area (Å²) < 4.78 is 0. The molecule has 7 heteroatoms. The number of hydrogen-bond donors (Lipinski definition) is 2. The zero-order valence-corrected chi connectivity index (χ0v) is 12.8. The first-order valence-electron chi connectivity index (χ1n) is 7.10. The van der Waals surface area contributed by atoms with E-state index >= 15 is 0 Å². The summed E-state index contributed by atoms with van der Waals surface area (Å²) in [6.45, 7) is 2.23. The summed E-state index contributed by atoms with van der Waals surface area (Å²) in [7, 11) is 0. The Morgan fingerprint density at radius 3 is 2.91 bits per heavy atom. The Bertz CT molecular complexity index is 637. The third-order valence-corrected chi connectivity index (χ3v) is 4.35. The third-order valence-electron chi connectivity index (χ3n) is 4.12. The number of hydrogen-bond acceptors (Lipinski definition) is 3. The molecule has 2 aliphatic rings. The average Bonchev–Trinajstić information content (AvgIpc) is 2.90. The van der Waals surface area contributed by atoms with Crippen LogP contribution in [0.1, 0.15) is 22.3 Å². The van der Waals surface area contributed by atoms with E-state index in [1.807, 2.05) is 6.92 Å². The minimum absolute atomic E-state index is 0.0312. The van der Waals surface area contributed by atoms with E-state index in [1.54, 1.807) is 18.2 Å². The number of carbonyl (C=O) groups is 3. The number of amides is 3. The van der Waals surface area contributed by atoms with Crippen molar-refractivity contribution in [1.29, 1.82) is 0 Å². The van der Waals surface area contributed by atoms with Crippen LogP contribution in [-0.2, 0) is 9.59 Å². The number of aryl methyl sites for hydroxylation is 1. The number of fused-ring (bicyclic) bond motifs is 1. The predicted molar refractivity (Wildman–Crippen MR) is 80.6 cm³/mol. The number of benzene rings is 1. The molecular weight excluding hydrogens is 306 g/mol. The molecule has 3 rings (SSSR count). The molecular formula is C15H16ClN3O3. The topological polar surface area (TPSA) is 78.5 Å². The van der Waals surface area contributed by atoms with Gasteiger partial charge in [0.25, 0.3) is 5.91 Å². The number of halogens is 1. The highest BCUT2D eigenvalue weighted by Gasteiger charge is 2.42. The average molecular weight is 322 g/mol. The molecule has 0 spiro atoms. The molecule has 1 aromatic carbocycles. The molecule has 1 aromatic rings. The van der Waals surface area contributed by atoms with Crippen LogP contribution in [0.3, 0.4) is 0 Å². The lowest BCUT2D eigenvalue weighted by molar-refractivity contribution is -0.143. The molecule has 0 saturated carbocycles. The minimum atomic E-state index is -0.480. The van der Waals surface area contributed by atoms with Crippen LogP contribution in [0.4, 0.5) is 0 Å². The minimum Gasteiger partial charge on any atom is -0.347 e. The largest absolute Gasteiger partial charge is 0.347 e. The normalized spacial score (nSPS) is 24.0. The number of nitrogens with zero attached hydrogens (tertiary/aromatic N) is 1. The zero-order valence-electron chi connectivity index (χ0n) is 12.1. The smallest absolute Gasteiger partial charge is 0.251 e. The SMILES string of the molecule is Cc1ccc(Cl)cc1C(=O)N[C@H]1C[C@H]2C(=O)NCC(=O)N2C1. The van der Waals surface area contributed by atoms with Gasteiger partial charge in [0.05, 0.1) is 6.54 Å². The molecule has 0 aliphatic carbocycles. The molecule has 0 aromatic heterocycles. The van der Waals surface area contributed by atoms with E-state index in [4.69, 9.17) is 11.6 Å². The molecule has 2 N–H and O–H groups in total. The lowest BCUT2D eigenvalue weighted by Gasteiger charge is -2.28. The van der Waals surface area contributed by atoms with Crippen molar-refractivity contribution in [3.05, 3.63) is 34.3 Å². The monoisotopic (exact) mass is 321 g/mol. The van der Waals surface area contributed by atoms with Crippen molar-refractivity contribution >= 4 is 29.3 Å². The zero-order chi connectivity index (χ0) is 15.9. The fourth-order valence-electron chi connectivity index (χ4n) is 2.95. The lowest BCUT2D eigenvalue weighted by Crippen LogP contribution is -2.55. The van der Waals surface area contributed by atoms with Gasteiger partial charge in [0.15, 0.2) is 0 Å². The number of nitrogens with one attached hydrogen (secondary N) is 2. The van der Waals surface area contributed by atoms with Crippen LogP contribution in [0.5, 0.6) is 0 Å². The molecule has 22 heavy (non-hydrogen) atoms. The van der Waals surface area contributed by atoms with Gasteiger partial charge in [0.1, 0.15) is 6.04 Å². The van der Waals surface area contributed by atoms with Crippen molar-refractivity contribution in [2.45, 2.75) is 25.4 Å². The highest BCUT2D eigenvalue weighted by Crippen LogP contribution is 2.22. The lowest BCUT2D eigenvalue weighted by atomic mass is 10.1. The van der Waals surface area contributed by atoms with Crippen molar-refractivity contribution in [2.24, 2.45) is 0 Å². The maximum absolute atomic E-state index is 12.4. The van der Waals surface area contributed by atoms with E-state index in [0.29, 0.717) is 23.6 Å². The van der Waals surface area contributed by atoms with Crippen LogP contribution < -0.4 is 10.6 Å². The van der Waals surface area contributed by atoms with Gasteiger partial charge in [0.2, 0.25) is 11.8 Å². The summed E-state index contributed by atoms with van der Waals surface area (Å²) in [6.07, 6.45) is 0.433. The second-order valence-corrected chi connectivity index (χ2v) is 6.08. The van der Waals surface area contributed by atoms with Gasteiger partial charge in [-0.1, -0.05) is 17.7 Å². The highest BCUT2D eigenvalue weighted by atomic mass is 35.5. The van der Waals surface area contributed by atoms with Crippen molar-refractivity contribution < 1.29 is 14.4 Å². The second-order valence-electron chi connectivity index (χ2n) is 5.65. The Morgan fingerprint density at radius 1 is 1.41 bits per heavy atom. The van der Waals surface area contributed by atoms with Crippen LogP contribution in [0.15, 0.2) is 18.2 Å². The first-order valence-corrected chi connectivity index (χ1v) is 7.47. The van der Waals surface area contributed by atoms with E-state index in [9.17, 15) is 14.4 Å². The molecule has 2 heterocycles. The predicted octanol–water partition coefficient (Wildman–Crippen LogP) is 0.478. The molecule has 2 saturated heterocycles. The van der Waals surface area contributed by atoms with Gasteiger partial charge >= 0.3 is 0 Å². The molecule has 0 bridgehead atoms. The maximum Gasteiger partial charge on any atom is 0.251 e. The summed E-state index contributed by atoms with van der Waals surface area (Å²) in [5.41, 5.74) is 1.33. The van der Waals surface area contributed by atoms with Crippen molar-refractivity contribution in [3.8, 4) is 0 Å². The second kappa shape index (κ2) is 5.61. The Kier molecular flexibility index (Phi) is 3.78. The quantitative estimate of drug-likeness (QED) is 0.831. The number of rotatable bonds is 2. The van der Waals surface area contributed by atoms with Crippen LogP contribution in [-0.4, -0.2) is 47.8 Å². The molecule has 2 atom stereocenters. The molecule has 0 unspecified atom stereocenters. The van der Waals surface area contributed by atoms with Gasteiger partial charge < -0.3 is 15.5 Å². The van der Waals surface area contributed by atoms with Crippen molar-refractivity contribution in [1.82, 2.24) is 15.5 Å². The van der Waals surface area contributed by atoms with E-state index in [-0.39, 0.29) is 30.3 Å². The van der Waals surface area contributed by atoms with E-state index in [1.165, 1.54) is 4.90 Å². The van der Waals surface area contributed by atoms with Crippen LogP contribution in [0, 0.1) is 6.92 Å². The van der Waals surface area contributed by atoms with Crippen molar-refractivity contribution in [2.75, 3.05) is 13.1 Å². The van der Waals surface area contributed by atoms with Gasteiger partial charge in [-0.2, -0.15) is 0 Å². The van der Waals surface area contributed by atoms with Crippen LogP contribution in [0.2, 0.25) is 5.02 Å². The van der Waals surface area contributed by atoms with Gasteiger partial charge in [0, 0.05) is 23.2 Å². The maximum atomic E-state index is 12.4. The summed E-state index contributed by atoms with van der Waals surface area (Å²) in [4.78, 5) is 37.5. The van der Waals surface area contributed by atoms with Gasteiger partial charge in [-0.05, 0) is 31.0 Å². The van der Waals surface area contributed by atoms with E-state index < -0.39 is 6.04 Å². The van der Waals surface area contributed by atoms with Crippen LogP contribution in [0.25, 0.3) is 0 Å². The molecule has 6 nitrogen and oxygen atoms in total. The highest BCUT2D eigenvalue weighted by molar-refractivity contribution is 6.31. The Balaban J connectivity index is 1.72. The van der Waals surface area contributed by atoms with Gasteiger partial charge in [-0.25, -0.2) is 0 Å². The van der Waals surface area contributed by atoms with Gasteiger partial charge in [-0.3, -0.25) is 14.4 Å². The fraction of sp³-hybridized carbons (Fsp3) is 0.400. The summed E-state index contributed by atoms with van der Waals surface area (Å²) in [5.74, 6) is -0.506. The summed E-state index contributed by atoms with van der Waals surface area (Å²) in [6, 6.07) is 4.42. The summed E-state index contributed by atoms with van der Waals surface area (Å²) >= 11 is 5.93.